The number of ether oxygens (including phenoxy) is 4. The number of allylic oxidation sites excluding steroid dienone is 6. The molecule has 4 aromatic rings. The summed E-state index contributed by atoms with van der Waals surface area (Å²) < 4.78 is 129. The molecule has 0 N–H and O–H groups in total. The van der Waals surface area contributed by atoms with Crippen LogP contribution in [-0.2, 0) is 148 Å². The van der Waals surface area contributed by atoms with Crippen molar-refractivity contribution < 1.29 is 203 Å². The third-order valence-corrected chi connectivity index (χ3v) is 16.5. The second-order valence-electron chi connectivity index (χ2n) is 21.1. The van der Waals surface area contributed by atoms with Gasteiger partial charge in [0.2, 0.25) is 0 Å². The van der Waals surface area contributed by atoms with Crippen LogP contribution in [-0.4, -0.2) is 0 Å². The fraction of sp³-hybridized carbons (Fsp3) is 0.455. The monoisotopic (exact) mass is 1500 g/mol. The van der Waals surface area contributed by atoms with E-state index in [-0.39, 0.29) is 195 Å². The summed E-state index contributed by atoms with van der Waals surface area (Å²) in [7, 11) is 12.5. The van der Waals surface area contributed by atoms with Gasteiger partial charge in [0.25, 0.3) is 0 Å². The molecule has 0 aromatic heterocycles. The van der Waals surface area contributed by atoms with Gasteiger partial charge in [0.15, 0.2) is 46.5 Å². The molecule has 8 radical (unpaired) electrons. The summed E-state index contributed by atoms with van der Waals surface area (Å²) in [4.78, 5) is 0. The van der Waals surface area contributed by atoms with E-state index in [1.54, 1.807) is 24.3 Å². The van der Waals surface area contributed by atoms with Gasteiger partial charge < -0.3 is 18.9 Å². The van der Waals surface area contributed by atoms with Crippen LogP contribution in [0.2, 0.25) is 0 Å². The van der Waals surface area contributed by atoms with Crippen molar-refractivity contribution in [2.75, 3.05) is 0 Å². The first-order chi connectivity index (χ1) is 37.7. The van der Waals surface area contributed by atoms with Crippen LogP contribution in [0, 0.1) is 98.6 Å². The minimum Gasteiger partial charge on any atom is -0.663 e. The Bertz CT molecular complexity index is 2580. The van der Waals surface area contributed by atoms with E-state index in [4.69, 9.17) is 0 Å². The molecule has 0 amide bonds. The number of benzene rings is 4. The van der Waals surface area contributed by atoms with Gasteiger partial charge >= 0.3 is 0 Å². The van der Waals surface area contributed by atoms with Crippen molar-refractivity contribution in [1.82, 2.24) is 0 Å². The Morgan fingerprint density at radius 2 is 0.640 bits per heavy atom. The Balaban J connectivity index is -0.000000506. The number of rotatable bonds is 16. The molecule has 0 spiro atoms. The molecule has 0 atom stereocenters. The fourth-order valence-electron chi connectivity index (χ4n) is 11.8. The summed E-state index contributed by atoms with van der Waals surface area (Å²) in [6.07, 6.45) is 32.6. The quantitative estimate of drug-likeness (QED) is 0.0636. The molecule has 0 heterocycles. The molecule has 0 aliphatic heterocycles. The predicted octanol–water partition coefficient (Wildman–Crippen LogP) is 20.7. The smallest absolute Gasteiger partial charge is 0.198 e. The van der Waals surface area contributed by atoms with Gasteiger partial charge in [-0.15, -0.1) is 13.2 Å². The van der Waals surface area contributed by atoms with Gasteiger partial charge in [-0.1, -0.05) is 60.7 Å². The minimum atomic E-state index is -0.937. The normalized spacial score (nSPS) is 21.0. The maximum Gasteiger partial charge on any atom is 0.198 e. The standard InChI is InChI=1S/C18H23F2O.C17H21F2O.C16H19F2O.C15H17F2O.8V/c1-3-4-5-6-13-7-9-14(10-8-13)15-11-12-16(21-2)18(20)17(15)19;1-3-4-5-12-6-8-13(9-7-12)14-10-11-15(20-2)17(19)16(14)18;1-3-4-11-5-7-12(8-6-11)13-9-10-14(19-2)16(18)15(13)17;1-3-10-4-6-11(7-5-10)12-8-9-13(18-2)15(17)14(12)16;;;;;;;;/h3-4,11-14H,2,5-10H2,1H3;3,10-13H,1-2,4-9H2;3-4,9-12H,2,5-8H2,1H3;3,8-11H,1-2,4-7H2;;;;;;;;/q4*-1;;;;;;;;/b4-3+;;4-3+;;;;;;;;;. The zero-order valence-corrected chi connectivity index (χ0v) is 60.5. The van der Waals surface area contributed by atoms with E-state index >= 15 is 0 Å². The van der Waals surface area contributed by atoms with E-state index in [9.17, 15) is 35.1 Å². The summed E-state index contributed by atoms with van der Waals surface area (Å²) in [5.41, 5.74) is 1.89. The number of hydrogen-bond acceptors (Lipinski definition) is 4. The van der Waals surface area contributed by atoms with Crippen LogP contribution in [0.3, 0.4) is 0 Å². The summed E-state index contributed by atoms with van der Waals surface area (Å²) in [6.45, 7) is 11.6. The van der Waals surface area contributed by atoms with Crippen LogP contribution in [0.15, 0.2) is 98.1 Å². The van der Waals surface area contributed by atoms with Gasteiger partial charge in [-0.2, -0.15) is 46.0 Å². The van der Waals surface area contributed by atoms with Gasteiger partial charge in [0.1, 0.15) is 23.0 Å². The van der Waals surface area contributed by atoms with Crippen molar-refractivity contribution >= 4 is 0 Å². The average Bonchev–Trinajstić information content (AvgIpc) is 3.47. The molecule has 4 fully saturated rings. The van der Waals surface area contributed by atoms with Gasteiger partial charge in [0.05, 0.1) is 0 Å². The molecule has 4 nitrogen and oxygen atoms in total. The largest absolute Gasteiger partial charge is 0.663 e. The van der Waals surface area contributed by atoms with Crippen molar-refractivity contribution in [3.05, 3.63) is 195 Å². The van der Waals surface area contributed by atoms with Crippen molar-refractivity contribution in [2.45, 2.75) is 166 Å². The first-order valence-electron chi connectivity index (χ1n) is 27.7. The molecule has 8 rings (SSSR count). The van der Waals surface area contributed by atoms with E-state index in [1.807, 2.05) is 26.0 Å². The Morgan fingerprint density at radius 1 is 0.372 bits per heavy atom. The van der Waals surface area contributed by atoms with Gasteiger partial charge in [0, 0.05) is 148 Å². The maximum absolute atomic E-state index is 14.1. The second kappa shape index (κ2) is 48.8. The van der Waals surface area contributed by atoms with Crippen molar-refractivity contribution in [3.63, 3.8) is 0 Å². The molecule has 0 bridgehead atoms. The average molecular weight is 1500 g/mol. The van der Waals surface area contributed by atoms with Crippen LogP contribution in [0.1, 0.15) is 188 Å². The summed E-state index contributed by atoms with van der Waals surface area (Å²) >= 11 is 0. The molecule has 86 heavy (non-hydrogen) atoms. The maximum atomic E-state index is 14.1. The molecule has 4 aliphatic rings. The van der Waals surface area contributed by atoms with Crippen LogP contribution in [0.25, 0.3) is 0 Å². The first-order valence-corrected chi connectivity index (χ1v) is 27.7. The first kappa shape index (κ1) is 91.6. The van der Waals surface area contributed by atoms with Gasteiger partial charge in [-0.25, -0.2) is 17.6 Å². The van der Waals surface area contributed by atoms with E-state index in [2.05, 4.69) is 84.8 Å². The molecule has 4 saturated carbocycles. The molecule has 0 unspecified atom stereocenters. The van der Waals surface area contributed by atoms with Crippen LogP contribution >= 0.6 is 0 Å². The van der Waals surface area contributed by atoms with E-state index in [1.165, 1.54) is 30.7 Å². The molecule has 468 valence electrons. The third-order valence-electron chi connectivity index (χ3n) is 16.5. The fourth-order valence-corrected chi connectivity index (χ4v) is 11.8. The zero-order valence-electron chi connectivity index (χ0n) is 49.3. The minimum absolute atomic E-state index is 0. The van der Waals surface area contributed by atoms with E-state index in [0.29, 0.717) is 45.9 Å². The molecule has 4 aliphatic carbocycles. The van der Waals surface area contributed by atoms with Crippen molar-refractivity contribution in [3.8, 4) is 23.0 Å². The SMILES string of the molecule is C=CC1CCC(c2ccc(O[CH2-])c(F)c2F)CC1.C=CCCC1CCC(c2ccc(O[CH2-])c(F)c2F)CC1.[CH2-]Oc1ccc(C2CCC(/C=C/C)CC2)c(F)c1F.[CH2-]Oc1ccc(C2CCC(CC/C=C/C)CC2)c(F)c1F.[V].[V].[V].[V].[V].[V].[V].[V]. The summed E-state index contributed by atoms with van der Waals surface area (Å²) in [5.74, 6) is -4.43. The van der Waals surface area contributed by atoms with Crippen LogP contribution in [0.5, 0.6) is 23.0 Å². The Morgan fingerprint density at radius 3 is 0.884 bits per heavy atom. The van der Waals surface area contributed by atoms with Crippen molar-refractivity contribution in [1.29, 1.82) is 0 Å². The second-order valence-corrected chi connectivity index (χ2v) is 21.1. The molecular formula is C66H80F8O4V8-4. The molecule has 4 aromatic carbocycles. The number of halogens is 8. The van der Waals surface area contributed by atoms with Crippen LogP contribution in [0.4, 0.5) is 35.1 Å². The number of hydrogen-bond donors (Lipinski definition) is 0. The topological polar surface area (TPSA) is 36.9 Å². The van der Waals surface area contributed by atoms with Crippen LogP contribution < -0.4 is 18.9 Å². The summed E-state index contributed by atoms with van der Waals surface area (Å²) in [5, 5.41) is 0. The molecule has 20 heteroatoms. The van der Waals surface area contributed by atoms with Gasteiger partial charge in [-0.3, -0.25) is 0 Å². The van der Waals surface area contributed by atoms with E-state index < -0.39 is 46.5 Å². The predicted molar refractivity (Wildman–Crippen MR) is 297 cm³/mol. The third kappa shape index (κ3) is 26.6. The Hall–Kier alpha value is -0.845. The Kier molecular flexibility index (Phi) is 52.0. The van der Waals surface area contributed by atoms with E-state index in [0.717, 1.165) is 122 Å². The molecular weight excluding hydrogens is 1420 g/mol. The van der Waals surface area contributed by atoms with Crippen molar-refractivity contribution in [2.24, 2.45) is 23.7 Å². The van der Waals surface area contributed by atoms with Gasteiger partial charge in [-0.05, 0) is 236 Å². The zero-order chi connectivity index (χ0) is 56.7. The summed E-state index contributed by atoms with van der Waals surface area (Å²) in [6, 6.07) is 12.3. The molecule has 0 saturated heterocycles. The Labute approximate surface area is 604 Å².